The van der Waals surface area contributed by atoms with E-state index in [0.29, 0.717) is 11.2 Å². The number of fused-ring (bicyclic) bond motifs is 3. The molecule has 3 aromatic carbocycles. The molecule has 0 atom stereocenters. The van der Waals surface area contributed by atoms with Gasteiger partial charge in [0.15, 0.2) is 0 Å². The highest BCUT2D eigenvalue weighted by atomic mass is 16.7. The molecule has 3 aromatic rings. The van der Waals surface area contributed by atoms with Gasteiger partial charge < -0.3 is 19.4 Å². The van der Waals surface area contributed by atoms with Crippen molar-refractivity contribution in [3.8, 4) is 11.1 Å². The van der Waals surface area contributed by atoms with Crippen molar-refractivity contribution in [2.24, 2.45) is 5.11 Å². The van der Waals surface area contributed by atoms with Crippen LogP contribution in [0.5, 0.6) is 0 Å². The Morgan fingerprint density at radius 2 is 1.59 bits per heavy atom. The van der Waals surface area contributed by atoms with Gasteiger partial charge in [0.1, 0.15) is 6.61 Å². The number of hydrogen-bond acceptors (Lipinski definition) is 5. The van der Waals surface area contributed by atoms with E-state index < -0.39 is 24.4 Å². The molecule has 0 unspecified atom stereocenters. The van der Waals surface area contributed by atoms with Crippen LogP contribution < -0.4 is 10.8 Å². The first-order chi connectivity index (χ1) is 17.7. The zero-order valence-electron chi connectivity index (χ0n) is 21.4. The largest absolute Gasteiger partial charge is 0.494 e. The summed E-state index contributed by atoms with van der Waals surface area (Å²) in [5, 5.41) is 6.57. The SMILES string of the molecule is CC1(C)OB(c2cc(CNC(=O)OCC3c4ccccc4-c4ccccc43)cc(N=[N+]=[N-])c2)OC1(C)C. The summed E-state index contributed by atoms with van der Waals surface area (Å²) >= 11 is 0. The van der Waals surface area contributed by atoms with Crippen molar-refractivity contribution in [1.82, 2.24) is 5.32 Å². The van der Waals surface area contributed by atoms with Gasteiger partial charge in [-0.15, -0.1) is 0 Å². The fourth-order valence-corrected chi connectivity index (χ4v) is 4.85. The van der Waals surface area contributed by atoms with Gasteiger partial charge in [-0.25, -0.2) is 4.79 Å². The second-order valence-corrected chi connectivity index (χ2v) is 10.4. The molecule has 1 aliphatic carbocycles. The van der Waals surface area contributed by atoms with Crippen LogP contribution in [-0.4, -0.2) is 31.0 Å². The van der Waals surface area contributed by atoms with Gasteiger partial charge >= 0.3 is 13.2 Å². The molecule has 37 heavy (non-hydrogen) atoms. The third-order valence-electron chi connectivity index (χ3n) is 7.47. The highest BCUT2D eigenvalue weighted by Gasteiger charge is 2.51. The fourth-order valence-electron chi connectivity index (χ4n) is 4.85. The first-order valence-corrected chi connectivity index (χ1v) is 12.3. The number of nitrogens with one attached hydrogen (secondary N) is 1. The van der Waals surface area contributed by atoms with Crippen LogP contribution in [0.3, 0.4) is 0 Å². The molecule has 1 aliphatic heterocycles. The normalized spacial score (nSPS) is 17.0. The number of amides is 1. The summed E-state index contributed by atoms with van der Waals surface area (Å²) in [5.41, 5.74) is 14.5. The molecule has 5 rings (SSSR count). The summed E-state index contributed by atoms with van der Waals surface area (Å²) in [6.45, 7) is 8.33. The highest BCUT2D eigenvalue weighted by molar-refractivity contribution is 6.62. The standard InChI is InChI=1S/C28H29BN4O4/c1-27(2)28(3,4)37-29(36-27)19-13-18(14-20(15-19)32-33-30)16-31-26(34)35-17-25-23-11-7-5-9-21(23)22-10-6-8-12-24(22)25/h5-15,25H,16-17H2,1-4H3,(H,31,34). The second kappa shape index (κ2) is 9.59. The molecule has 8 nitrogen and oxygen atoms in total. The van der Waals surface area contributed by atoms with Crippen molar-refractivity contribution in [3.05, 3.63) is 93.9 Å². The maximum Gasteiger partial charge on any atom is 0.494 e. The zero-order chi connectivity index (χ0) is 26.2. The molecule has 0 saturated carbocycles. The van der Waals surface area contributed by atoms with Crippen LogP contribution in [0.25, 0.3) is 21.6 Å². The van der Waals surface area contributed by atoms with Crippen LogP contribution >= 0.6 is 0 Å². The Morgan fingerprint density at radius 3 is 2.19 bits per heavy atom. The molecule has 2 aliphatic rings. The van der Waals surface area contributed by atoms with E-state index in [9.17, 15) is 4.79 Å². The average Bonchev–Trinajstić information content (AvgIpc) is 3.31. The van der Waals surface area contributed by atoms with Crippen molar-refractivity contribution in [2.75, 3.05) is 6.61 Å². The summed E-state index contributed by atoms with van der Waals surface area (Å²) < 4.78 is 17.9. The molecular formula is C28H29BN4O4. The van der Waals surface area contributed by atoms with Crippen molar-refractivity contribution < 1.29 is 18.8 Å². The zero-order valence-corrected chi connectivity index (χ0v) is 21.4. The van der Waals surface area contributed by atoms with Crippen molar-refractivity contribution in [3.63, 3.8) is 0 Å². The smallest absolute Gasteiger partial charge is 0.449 e. The quantitative estimate of drug-likeness (QED) is 0.197. The maximum absolute atomic E-state index is 12.7. The number of benzene rings is 3. The van der Waals surface area contributed by atoms with E-state index >= 15 is 0 Å². The van der Waals surface area contributed by atoms with Gasteiger partial charge in [-0.05, 0) is 72.6 Å². The summed E-state index contributed by atoms with van der Waals surface area (Å²) in [7, 11) is -0.618. The summed E-state index contributed by atoms with van der Waals surface area (Å²) in [5.74, 6) is -0.0126. The Balaban J connectivity index is 1.27. The number of azide groups is 1. The van der Waals surface area contributed by atoms with E-state index in [1.165, 1.54) is 11.1 Å². The van der Waals surface area contributed by atoms with Crippen molar-refractivity contribution in [2.45, 2.75) is 51.4 Å². The van der Waals surface area contributed by atoms with Gasteiger partial charge in [-0.1, -0.05) is 65.8 Å². The van der Waals surface area contributed by atoms with Crippen LogP contribution in [0, 0.1) is 0 Å². The lowest BCUT2D eigenvalue weighted by atomic mass is 9.78. The van der Waals surface area contributed by atoms with Gasteiger partial charge in [0, 0.05) is 23.1 Å². The van der Waals surface area contributed by atoms with Gasteiger partial charge in [0.2, 0.25) is 0 Å². The van der Waals surface area contributed by atoms with Crippen LogP contribution in [0.2, 0.25) is 0 Å². The number of ether oxygens (including phenoxy) is 1. The van der Waals surface area contributed by atoms with E-state index in [1.54, 1.807) is 12.1 Å². The van der Waals surface area contributed by atoms with Crippen LogP contribution in [0.1, 0.15) is 50.3 Å². The summed E-state index contributed by atoms with van der Waals surface area (Å²) in [6, 6.07) is 21.8. The Bertz CT molecular complexity index is 1340. The van der Waals surface area contributed by atoms with E-state index in [0.717, 1.165) is 16.7 Å². The maximum atomic E-state index is 12.7. The van der Waals surface area contributed by atoms with Gasteiger partial charge in [0.25, 0.3) is 0 Å². The molecule has 0 aromatic heterocycles. The second-order valence-electron chi connectivity index (χ2n) is 10.4. The third kappa shape index (κ3) is 4.81. The van der Waals surface area contributed by atoms with Crippen LogP contribution in [-0.2, 0) is 20.6 Å². The van der Waals surface area contributed by atoms with Crippen molar-refractivity contribution in [1.29, 1.82) is 0 Å². The lowest BCUT2D eigenvalue weighted by Crippen LogP contribution is -2.41. The summed E-state index contributed by atoms with van der Waals surface area (Å²) in [4.78, 5) is 15.6. The highest BCUT2D eigenvalue weighted by Crippen LogP contribution is 2.44. The Morgan fingerprint density at radius 1 is 1.00 bits per heavy atom. The predicted octanol–water partition coefficient (Wildman–Crippen LogP) is 5.97. The fraction of sp³-hybridized carbons (Fsp3) is 0.321. The average molecular weight is 496 g/mol. The molecular weight excluding hydrogens is 467 g/mol. The molecule has 0 bridgehead atoms. The molecule has 1 saturated heterocycles. The predicted molar refractivity (Wildman–Crippen MR) is 143 cm³/mol. The minimum Gasteiger partial charge on any atom is -0.449 e. The van der Waals surface area contributed by atoms with Crippen LogP contribution in [0.4, 0.5) is 10.5 Å². The molecule has 0 radical (unpaired) electrons. The van der Waals surface area contributed by atoms with Crippen LogP contribution in [0.15, 0.2) is 71.8 Å². The minimum atomic E-state index is -0.618. The van der Waals surface area contributed by atoms with Gasteiger partial charge in [-0.3, -0.25) is 0 Å². The van der Waals surface area contributed by atoms with Gasteiger partial charge in [-0.2, -0.15) is 0 Å². The minimum absolute atomic E-state index is 0.0126. The van der Waals surface area contributed by atoms with Gasteiger partial charge in [0.05, 0.1) is 11.2 Å². The molecule has 9 heteroatoms. The van der Waals surface area contributed by atoms with E-state index in [-0.39, 0.29) is 19.1 Å². The molecule has 1 amide bonds. The Hall–Kier alpha value is -3.78. The third-order valence-corrected chi connectivity index (χ3v) is 7.47. The first kappa shape index (κ1) is 24.9. The molecule has 1 fully saturated rings. The lowest BCUT2D eigenvalue weighted by molar-refractivity contribution is 0.00578. The number of nitrogens with zero attached hydrogens (tertiary/aromatic N) is 3. The van der Waals surface area contributed by atoms with Crippen molar-refractivity contribution >= 4 is 24.4 Å². The summed E-state index contributed by atoms with van der Waals surface area (Å²) in [6.07, 6.45) is -0.520. The first-order valence-electron chi connectivity index (χ1n) is 12.3. The molecule has 1 N–H and O–H groups in total. The molecule has 0 spiro atoms. The van der Waals surface area contributed by atoms with E-state index in [4.69, 9.17) is 19.6 Å². The lowest BCUT2D eigenvalue weighted by Gasteiger charge is -2.32. The van der Waals surface area contributed by atoms with E-state index in [1.807, 2.05) is 58.0 Å². The topological polar surface area (TPSA) is 106 Å². The number of alkyl carbamates (subject to hydrolysis) is 1. The monoisotopic (exact) mass is 496 g/mol. The number of carbonyl (C=O) groups is 1. The number of rotatable bonds is 6. The Labute approximate surface area is 216 Å². The number of hydrogen-bond donors (Lipinski definition) is 1. The Kier molecular flexibility index (Phi) is 6.46. The molecule has 1 heterocycles. The van der Waals surface area contributed by atoms with E-state index in [2.05, 4.69) is 39.6 Å². The molecule has 188 valence electrons. The number of carbonyl (C=O) groups excluding carboxylic acids is 1.